The molecular formula is C17H19BrN4O5. The number of hydrogen-bond donors (Lipinski definition) is 4. The van der Waals surface area contributed by atoms with Crippen LogP contribution in [0.2, 0.25) is 0 Å². The van der Waals surface area contributed by atoms with Crippen LogP contribution in [0.4, 0.5) is 11.4 Å². The number of carbonyl (C=O) groups is 1. The van der Waals surface area contributed by atoms with Gasteiger partial charge in [-0.2, -0.15) is 0 Å². The summed E-state index contributed by atoms with van der Waals surface area (Å²) >= 11 is 3.08. The number of aryl methyl sites for hydroxylation is 1. The largest absolute Gasteiger partial charge is 0.505 e. The van der Waals surface area contributed by atoms with Crippen molar-refractivity contribution in [2.24, 2.45) is 13.0 Å². The molecule has 1 saturated heterocycles. The number of anilines is 2. The van der Waals surface area contributed by atoms with E-state index in [-0.39, 0.29) is 45.6 Å². The molecule has 3 rings (SSSR count). The third kappa shape index (κ3) is 3.62. The fraction of sp³-hybridized carbons (Fsp3) is 0.353. The number of halogens is 1. The highest BCUT2D eigenvalue weighted by Crippen LogP contribution is 2.32. The molecule has 2 aromatic rings. The Kier molecular flexibility index (Phi) is 5.38. The SMILES string of the molecule is Cn1[nH]c(=O)c(Nc2cccc(C(=O)N3CC[C@H](CO)C3)c2O)c(Br)c1=O. The monoisotopic (exact) mass is 438 g/mol. The minimum Gasteiger partial charge on any atom is -0.505 e. The second kappa shape index (κ2) is 7.57. The third-order valence-electron chi connectivity index (χ3n) is 4.57. The average molecular weight is 439 g/mol. The highest BCUT2D eigenvalue weighted by atomic mass is 79.9. The second-order valence-corrected chi connectivity index (χ2v) is 7.20. The lowest BCUT2D eigenvalue weighted by Gasteiger charge is -2.18. The number of H-pyrrole nitrogens is 1. The summed E-state index contributed by atoms with van der Waals surface area (Å²) in [5, 5.41) is 24.8. The van der Waals surface area contributed by atoms with Crippen molar-refractivity contribution in [1.29, 1.82) is 0 Å². The Morgan fingerprint density at radius 2 is 2.15 bits per heavy atom. The molecule has 1 aromatic carbocycles. The van der Waals surface area contributed by atoms with Crippen molar-refractivity contribution in [2.45, 2.75) is 6.42 Å². The van der Waals surface area contributed by atoms with E-state index < -0.39 is 11.1 Å². The molecule has 0 spiro atoms. The Labute approximate surface area is 162 Å². The molecule has 2 heterocycles. The maximum absolute atomic E-state index is 12.7. The molecule has 0 aliphatic carbocycles. The second-order valence-electron chi connectivity index (χ2n) is 6.41. The highest BCUT2D eigenvalue weighted by Gasteiger charge is 2.28. The molecule has 1 aliphatic rings. The third-order valence-corrected chi connectivity index (χ3v) is 5.30. The van der Waals surface area contributed by atoms with Crippen LogP contribution in [-0.2, 0) is 7.05 Å². The highest BCUT2D eigenvalue weighted by molar-refractivity contribution is 9.10. The van der Waals surface area contributed by atoms with Crippen molar-refractivity contribution >= 4 is 33.2 Å². The minimum atomic E-state index is -0.564. The molecule has 0 saturated carbocycles. The van der Waals surface area contributed by atoms with Crippen molar-refractivity contribution < 1.29 is 15.0 Å². The lowest BCUT2D eigenvalue weighted by molar-refractivity contribution is 0.0779. The van der Waals surface area contributed by atoms with E-state index in [1.165, 1.54) is 19.2 Å². The van der Waals surface area contributed by atoms with Crippen LogP contribution in [-0.4, -0.2) is 50.5 Å². The molecule has 0 bridgehead atoms. The molecule has 0 unspecified atom stereocenters. The van der Waals surface area contributed by atoms with Gasteiger partial charge in [0, 0.05) is 32.7 Å². The molecule has 4 N–H and O–H groups in total. The Morgan fingerprint density at radius 1 is 1.41 bits per heavy atom. The molecule has 144 valence electrons. The number of nitrogens with one attached hydrogen (secondary N) is 2. The van der Waals surface area contributed by atoms with E-state index in [9.17, 15) is 24.6 Å². The predicted molar refractivity (Wildman–Crippen MR) is 102 cm³/mol. The van der Waals surface area contributed by atoms with E-state index >= 15 is 0 Å². The van der Waals surface area contributed by atoms with Crippen LogP contribution in [0.5, 0.6) is 5.75 Å². The van der Waals surface area contributed by atoms with E-state index in [1.807, 2.05) is 0 Å². The first kappa shape index (κ1) is 19.2. The molecular weight excluding hydrogens is 420 g/mol. The summed E-state index contributed by atoms with van der Waals surface area (Å²) in [7, 11) is 1.41. The van der Waals surface area contributed by atoms with Crippen molar-refractivity contribution in [3.63, 3.8) is 0 Å². The number of carbonyl (C=O) groups excluding carboxylic acids is 1. The maximum atomic E-state index is 12.7. The van der Waals surface area contributed by atoms with Gasteiger partial charge < -0.3 is 20.4 Å². The zero-order valence-corrected chi connectivity index (χ0v) is 16.1. The van der Waals surface area contributed by atoms with Crippen LogP contribution in [0.3, 0.4) is 0 Å². The van der Waals surface area contributed by atoms with E-state index in [2.05, 4.69) is 26.3 Å². The topological polar surface area (TPSA) is 128 Å². The summed E-state index contributed by atoms with van der Waals surface area (Å²) in [4.78, 5) is 38.4. The van der Waals surface area contributed by atoms with Gasteiger partial charge in [-0.3, -0.25) is 24.2 Å². The summed E-state index contributed by atoms with van der Waals surface area (Å²) in [6, 6.07) is 4.55. The van der Waals surface area contributed by atoms with Crippen LogP contribution >= 0.6 is 15.9 Å². The van der Waals surface area contributed by atoms with E-state index in [0.29, 0.717) is 19.5 Å². The fourth-order valence-electron chi connectivity index (χ4n) is 3.01. The van der Waals surface area contributed by atoms with Gasteiger partial charge in [0.05, 0.1) is 11.3 Å². The number of aliphatic hydroxyl groups is 1. The summed E-state index contributed by atoms with van der Waals surface area (Å²) in [5.74, 6) is -0.640. The summed E-state index contributed by atoms with van der Waals surface area (Å²) in [6.07, 6.45) is 0.705. The number of aromatic nitrogens is 2. The van der Waals surface area contributed by atoms with Crippen molar-refractivity contribution in [3.05, 3.63) is 48.9 Å². The van der Waals surface area contributed by atoms with Gasteiger partial charge in [0.1, 0.15) is 10.2 Å². The molecule has 27 heavy (non-hydrogen) atoms. The zero-order valence-electron chi connectivity index (χ0n) is 14.5. The smallest absolute Gasteiger partial charge is 0.287 e. The van der Waals surface area contributed by atoms with Gasteiger partial charge in [-0.25, -0.2) is 0 Å². The molecule has 1 aromatic heterocycles. The maximum Gasteiger partial charge on any atom is 0.287 e. The van der Waals surface area contributed by atoms with Gasteiger partial charge in [0.25, 0.3) is 17.0 Å². The number of benzene rings is 1. The summed E-state index contributed by atoms with van der Waals surface area (Å²) in [5.41, 5.74) is -0.894. The number of para-hydroxylation sites is 1. The Hall–Kier alpha value is -2.59. The van der Waals surface area contributed by atoms with E-state index in [4.69, 9.17) is 0 Å². The van der Waals surface area contributed by atoms with E-state index in [0.717, 1.165) is 4.68 Å². The lowest BCUT2D eigenvalue weighted by Crippen LogP contribution is -2.30. The fourth-order valence-corrected chi connectivity index (χ4v) is 3.56. The van der Waals surface area contributed by atoms with Crippen LogP contribution in [0, 0.1) is 5.92 Å². The van der Waals surface area contributed by atoms with Crippen LogP contribution in [0.1, 0.15) is 16.8 Å². The molecule has 0 radical (unpaired) electrons. The molecule has 1 atom stereocenters. The lowest BCUT2D eigenvalue weighted by atomic mass is 10.1. The standard InChI is InChI=1S/C17H19BrN4O5/c1-21-17(27)12(18)13(15(25)20-21)19-11-4-2-3-10(14(11)24)16(26)22-6-5-9(7-22)8-23/h2-4,9,19,23-24H,5-8H2,1H3,(H,20,25)/t9-/m0/s1. The first-order valence-corrected chi connectivity index (χ1v) is 9.10. The number of aliphatic hydroxyl groups excluding tert-OH is 1. The molecule has 1 aliphatic heterocycles. The molecule has 9 nitrogen and oxygen atoms in total. The number of aromatic amines is 1. The number of hydrogen-bond acceptors (Lipinski definition) is 6. The van der Waals surface area contributed by atoms with Crippen molar-refractivity contribution in [1.82, 2.24) is 14.7 Å². The number of phenols is 1. The van der Waals surface area contributed by atoms with Gasteiger partial charge in [-0.05, 0) is 34.5 Å². The number of amides is 1. The molecule has 1 amide bonds. The first-order chi connectivity index (χ1) is 12.8. The van der Waals surface area contributed by atoms with Gasteiger partial charge in [0.15, 0.2) is 5.75 Å². The van der Waals surface area contributed by atoms with Crippen LogP contribution < -0.4 is 16.4 Å². The zero-order chi connectivity index (χ0) is 19.7. The summed E-state index contributed by atoms with van der Waals surface area (Å²) < 4.78 is 1.04. The van der Waals surface area contributed by atoms with Gasteiger partial charge >= 0.3 is 0 Å². The Morgan fingerprint density at radius 3 is 2.81 bits per heavy atom. The van der Waals surface area contributed by atoms with Gasteiger partial charge in [-0.15, -0.1) is 0 Å². The summed E-state index contributed by atoms with van der Waals surface area (Å²) in [6.45, 7) is 0.935. The quantitative estimate of drug-likeness (QED) is 0.521. The van der Waals surface area contributed by atoms with Crippen LogP contribution in [0.25, 0.3) is 0 Å². The Balaban J connectivity index is 1.93. The number of likely N-dealkylation sites (tertiary alicyclic amines) is 1. The predicted octanol–water partition coefficient (Wildman–Crippen LogP) is 0.740. The van der Waals surface area contributed by atoms with Crippen LogP contribution in [0.15, 0.2) is 32.3 Å². The normalized spacial score (nSPS) is 16.6. The van der Waals surface area contributed by atoms with Crippen molar-refractivity contribution in [3.8, 4) is 5.75 Å². The minimum absolute atomic E-state index is 0.00945. The number of aromatic hydroxyl groups is 1. The van der Waals surface area contributed by atoms with Gasteiger partial charge in [-0.1, -0.05) is 6.07 Å². The average Bonchev–Trinajstić information content (AvgIpc) is 3.13. The van der Waals surface area contributed by atoms with Crippen molar-refractivity contribution in [2.75, 3.05) is 25.0 Å². The Bertz CT molecular complexity index is 1000. The number of phenolic OH excluding ortho intramolecular Hbond substituents is 1. The van der Waals surface area contributed by atoms with E-state index in [1.54, 1.807) is 11.0 Å². The molecule has 1 fully saturated rings. The first-order valence-electron chi connectivity index (χ1n) is 8.31. The number of nitrogens with zero attached hydrogens (tertiary/aromatic N) is 2. The number of rotatable bonds is 4. The van der Waals surface area contributed by atoms with Gasteiger partial charge in [0.2, 0.25) is 0 Å². The molecule has 10 heteroatoms.